The van der Waals surface area contributed by atoms with Gasteiger partial charge in [0.1, 0.15) is 15.4 Å². The molecule has 1 aliphatic heterocycles. The molecule has 0 amide bonds. The summed E-state index contributed by atoms with van der Waals surface area (Å²) in [6.45, 7) is 3.83. The van der Waals surface area contributed by atoms with E-state index < -0.39 is 11.9 Å². The fourth-order valence-corrected chi connectivity index (χ4v) is 3.48. The Morgan fingerprint density at radius 2 is 1.95 bits per heavy atom. The van der Waals surface area contributed by atoms with Crippen LogP contribution in [0.25, 0.3) is 0 Å². The number of ether oxygens (including phenoxy) is 2. The second kappa shape index (κ2) is 5.70. The topological polar surface area (TPSA) is 81.9 Å². The number of nitrogens with zero attached hydrogens (tertiary/aromatic N) is 1. The number of esters is 2. The van der Waals surface area contributed by atoms with Crippen LogP contribution in [0.1, 0.15) is 33.4 Å². The van der Waals surface area contributed by atoms with Gasteiger partial charge in [-0.25, -0.2) is 9.59 Å². The molecule has 2 rings (SSSR count). The number of anilines is 2. The van der Waals surface area contributed by atoms with Crippen LogP contribution >= 0.6 is 11.3 Å². The molecule has 20 heavy (non-hydrogen) atoms. The Balaban J connectivity index is 2.48. The summed E-state index contributed by atoms with van der Waals surface area (Å²) in [5.41, 5.74) is 6.35. The van der Waals surface area contributed by atoms with Gasteiger partial charge in [0, 0.05) is 13.1 Å². The Kier molecular flexibility index (Phi) is 4.17. The predicted octanol–water partition coefficient (Wildman–Crippen LogP) is 1.75. The van der Waals surface area contributed by atoms with Crippen molar-refractivity contribution >= 4 is 34.0 Å². The van der Waals surface area contributed by atoms with Gasteiger partial charge in [-0.2, -0.15) is 0 Å². The summed E-state index contributed by atoms with van der Waals surface area (Å²) < 4.78 is 9.48. The second-order valence-electron chi connectivity index (χ2n) is 4.85. The molecule has 0 saturated carbocycles. The van der Waals surface area contributed by atoms with Crippen molar-refractivity contribution in [1.29, 1.82) is 0 Å². The maximum absolute atomic E-state index is 11.9. The quantitative estimate of drug-likeness (QED) is 0.856. The molecule has 0 aliphatic carbocycles. The monoisotopic (exact) mass is 298 g/mol. The molecule has 1 fully saturated rings. The zero-order chi connectivity index (χ0) is 14.9. The molecule has 1 saturated heterocycles. The zero-order valence-electron chi connectivity index (χ0n) is 11.8. The summed E-state index contributed by atoms with van der Waals surface area (Å²) in [7, 11) is 2.59. The minimum absolute atomic E-state index is 0.142. The third kappa shape index (κ3) is 2.45. The van der Waals surface area contributed by atoms with Crippen molar-refractivity contribution in [1.82, 2.24) is 0 Å². The van der Waals surface area contributed by atoms with Crippen LogP contribution in [0.4, 0.5) is 10.7 Å². The van der Waals surface area contributed by atoms with Crippen LogP contribution < -0.4 is 10.6 Å². The first-order valence-corrected chi connectivity index (χ1v) is 7.15. The van der Waals surface area contributed by atoms with E-state index in [2.05, 4.69) is 11.8 Å². The SMILES string of the molecule is COC(=O)c1sc(N2CCC(C)C2)c(C(=O)OC)c1N. The van der Waals surface area contributed by atoms with E-state index in [9.17, 15) is 9.59 Å². The van der Waals surface area contributed by atoms with Gasteiger partial charge in [0.05, 0.1) is 19.9 Å². The van der Waals surface area contributed by atoms with Crippen molar-refractivity contribution in [3.63, 3.8) is 0 Å². The van der Waals surface area contributed by atoms with E-state index >= 15 is 0 Å². The standard InChI is InChI=1S/C13H18N2O4S/c1-7-4-5-15(6-7)11-8(12(16)18-2)9(14)10(20-11)13(17)19-3/h7H,4-6,14H2,1-3H3. The summed E-state index contributed by atoms with van der Waals surface area (Å²) >= 11 is 1.19. The highest BCUT2D eigenvalue weighted by Crippen LogP contribution is 2.41. The number of hydrogen-bond acceptors (Lipinski definition) is 7. The lowest BCUT2D eigenvalue weighted by molar-refractivity contribution is 0.0602. The molecule has 0 bridgehead atoms. The normalized spacial score (nSPS) is 18.1. The van der Waals surface area contributed by atoms with E-state index in [-0.39, 0.29) is 16.1 Å². The maximum atomic E-state index is 11.9. The van der Waals surface area contributed by atoms with Crippen molar-refractivity contribution in [3.8, 4) is 0 Å². The highest BCUT2D eigenvalue weighted by atomic mass is 32.1. The molecule has 7 heteroatoms. The average molecular weight is 298 g/mol. The van der Waals surface area contributed by atoms with Crippen LogP contribution in [-0.2, 0) is 9.47 Å². The largest absolute Gasteiger partial charge is 0.465 e. The van der Waals surface area contributed by atoms with Crippen LogP contribution in [0.3, 0.4) is 0 Å². The summed E-state index contributed by atoms with van der Waals surface area (Å²) in [6, 6.07) is 0. The molecule has 1 unspecified atom stereocenters. The third-order valence-electron chi connectivity index (χ3n) is 3.40. The van der Waals surface area contributed by atoms with E-state index in [1.807, 2.05) is 0 Å². The number of rotatable bonds is 3. The van der Waals surface area contributed by atoms with Gasteiger partial charge in [-0.1, -0.05) is 6.92 Å². The molecule has 0 radical (unpaired) electrons. The van der Waals surface area contributed by atoms with E-state index in [0.29, 0.717) is 10.9 Å². The van der Waals surface area contributed by atoms with Gasteiger partial charge in [-0.3, -0.25) is 0 Å². The molecule has 110 valence electrons. The number of carbonyl (C=O) groups excluding carboxylic acids is 2. The van der Waals surface area contributed by atoms with Crippen molar-refractivity contribution in [2.45, 2.75) is 13.3 Å². The van der Waals surface area contributed by atoms with Gasteiger partial charge >= 0.3 is 11.9 Å². The fourth-order valence-electron chi connectivity index (χ4n) is 2.32. The number of thiophene rings is 1. The van der Waals surface area contributed by atoms with E-state index in [1.54, 1.807) is 0 Å². The van der Waals surface area contributed by atoms with Gasteiger partial charge in [-0.05, 0) is 12.3 Å². The van der Waals surface area contributed by atoms with Crippen molar-refractivity contribution in [2.75, 3.05) is 37.9 Å². The Hall–Kier alpha value is -1.76. The fraction of sp³-hybridized carbons (Fsp3) is 0.538. The Morgan fingerprint density at radius 3 is 2.45 bits per heavy atom. The van der Waals surface area contributed by atoms with Crippen molar-refractivity contribution in [2.24, 2.45) is 5.92 Å². The summed E-state index contributed by atoms with van der Waals surface area (Å²) in [5.74, 6) is -0.509. The van der Waals surface area contributed by atoms with Crippen LogP contribution in [-0.4, -0.2) is 39.2 Å². The third-order valence-corrected chi connectivity index (χ3v) is 4.64. The first-order chi connectivity index (χ1) is 9.49. The first kappa shape index (κ1) is 14.6. The molecule has 0 aromatic carbocycles. The number of hydrogen-bond donors (Lipinski definition) is 1. The summed E-state index contributed by atoms with van der Waals surface area (Å²) in [4.78, 5) is 26.0. The summed E-state index contributed by atoms with van der Waals surface area (Å²) in [5, 5.41) is 0.694. The van der Waals surface area contributed by atoms with Gasteiger partial charge in [0.2, 0.25) is 0 Å². The van der Waals surface area contributed by atoms with Crippen LogP contribution in [0, 0.1) is 5.92 Å². The summed E-state index contributed by atoms with van der Waals surface area (Å²) in [6.07, 6.45) is 1.05. The first-order valence-electron chi connectivity index (χ1n) is 6.33. The molecule has 1 atom stereocenters. The number of methoxy groups -OCH3 is 2. The van der Waals surface area contributed by atoms with Crippen LogP contribution in [0.5, 0.6) is 0 Å². The van der Waals surface area contributed by atoms with Crippen LogP contribution in [0.15, 0.2) is 0 Å². The average Bonchev–Trinajstić information content (AvgIpc) is 3.01. The minimum atomic E-state index is -0.531. The minimum Gasteiger partial charge on any atom is -0.465 e. The lowest BCUT2D eigenvalue weighted by Gasteiger charge is -2.17. The maximum Gasteiger partial charge on any atom is 0.350 e. The van der Waals surface area contributed by atoms with Gasteiger partial charge < -0.3 is 20.1 Å². The van der Waals surface area contributed by atoms with Crippen molar-refractivity contribution < 1.29 is 19.1 Å². The molecule has 1 aromatic rings. The van der Waals surface area contributed by atoms with E-state index in [0.717, 1.165) is 19.5 Å². The van der Waals surface area contributed by atoms with Crippen LogP contribution in [0.2, 0.25) is 0 Å². The predicted molar refractivity (Wildman–Crippen MR) is 77.4 cm³/mol. The molecule has 0 spiro atoms. The van der Waals surface area contributed by atoms with Gasteiger partial charge in [-0.15, -0.1) is 11.3 Å². The molecule has 2 N–H and O–H groups in total. The number of nitrogen functional groups attached to an aromatic ring is 1. The van der Waals surface area contributed by atoms with Crippen molar-refractivity contribution in [3.05, 3.63) is 10.4 Å². The number of nitrogens with two attached hydrogens (primary N) is 1. The number of carbonyl (C=O) groups is 2. The molecule has 2 heterocycles. The highest BCUT2D eigenvalue weighted by Gasteiger charge is 2.31. The van der Waals surface area contributed by atoms with E-state index in [4.69, 9.17) is 15.2 Å². The Bertz CT molecular complexity index is 541. The Morgan fingerprint density at radius 1 is 1.30 bits per heavy atom. The molecule has 1 aliphatic rings. The lowest BCUT2D eigenvalue weighted by Crippen LogP contribution is -2.20. The van der Waals surface area contributed by atoms with E-state index in [1.165, 1.54) is 25.6 Å². The second-order valence-corrected chi connectivity index (χ2v) is 5.85. The lowest BCUT2D eigenvalue weighted by atomic mass is 10.2. The molecular weight excluding hydrogens is 280 g/mol. The Labute approximate surface area is 121 Å². The van der Waals surface area contributed by atoms with Gasteiger partial charge in [0.15, 0.2) is 0 Å². The smallest absolute Gasteiger partial charge is 0.350 e. The highest BCUT2D eigenvalue weighted by molar-refractivity contribution is 7.19. The molecule has 6 nitrogen and oxygen atoms in total. The molecular formula is C13H18N2O4S. The van der Waals surface area contributed by atoms with Gasteiger partial charge in [0.25, 0.3) is 0 Å². The zero-order valence-corrected chi connectivity index (χ0v) is 12.6. The molecule has 1 aromatic heterocycles.